The van der Waals surface area contributed by atoms with Gasteiger partial charge >= 0.3 is 6.18 Å². The minimum absolute atomic E-state index is 0.0338. The zero-order valence-corrected chi connectivity index (χ0v) is 17.1. The van der Waals surface area contributed by atoms with Crippen molar-refractivity contribution in [3.63, 3.8) is 0 Å². The highest BCUT2D eigenvalue weighted by molar-refractivity contribution is 7.88. The highest BCUT2D eigenvalue weighted by Crippen LogP contribution is 2.31. The van der Waals surface area contributed by atoms with E-state index >= 15 is 0 Å². The summed E-state index contributed by atoms with van der Waals surface area (Å²) < 4.78 is 65.1. The summed E-state index contributed by atoms with van der Waals surface area (Å²) in [5.41, 5.74) is -0.163. The topological polar surface area (TPSA) is 80.5 Å². The van der Waals surface area contributed by atoms with Gasteiger partial charge in [0.2, 0.25) is 15.0 Å². The Morgan fingerprint density at radius 1 is 1.21 bits per heavy atom. The van der Waals surface area contributed by atoms with Gasteiger partial charge in [-0.15, -0.1) is 10.2 Å². The molecule has 3 heterocycles. The maximum Gasteiger partial charge on any atom is 0.416 e. The number of nitrogens with zero attached hydrogens (tertiary/aromatic N) is 5. The van der Waals surface area contributed by atoms with E-state index in [4.69, 9.17) is 0 Å². The second-order valence-electron chi connectivity index (χ2n) is 7.06. The van der Waals surface area contributed by atoms with E-state index in [1.807, 2.05) is 0 Å². The number of fused-ring (bicyclic) bond motifs is 1. The minimum Gasteiger partial charge on any atom is -0.213 e. The fourth-order valence-corrected chi connectivity index (χ4v) is 5.22. The standard InChI is InChI=1S/C17H18F3N5O2S2/c1-29(26,27)24-7-5-12(6-8-24)15-21-22-16-25(15)23-14(28-16)10-11-3-2-4-13(9-11)17(18,19)20/h2-4,9,12H,5-8,10H2,1H3. The Labute approximate surface area is 169 Å². The van der Waals surface area contributed by atoms with Crippen LogP contribution in [0.2, 0.25) is 0 Å². The minimum atomic E-state index is -4.38. The summed E-state index contributed by atoms with van der Waals surface area (Å²) in [5, 5.41) is 13.5. The Hall–Kier alpha value is -2.05. The van der Waals surface area contributed by atoms with E-state index in [-0.39, 0.29) is 12.3 Å². The van der Waals surface area contributed by atoms with Gasteiger partial charge in [0.25, 0.3) is 0 Å². The normalized spacial score (nSPS) is 17.2. The molecule has 2 aromatic heterocycles. The molecule has 0 saturated carbocycles. The van der Waals surface area contributed by atoms with Gasteiger partial charge < -0.3 is 0 Å². The van der Waals surface area contributed by atoms with Crippen molar-refractivity contribution >= 4 is 26.3 Å². The monoisotopic (exact) mass is 445 g/mol. The van der Waals surface area contributed by atoms with E-state index < -0.39 is 21.8 Å². The fraction of sp³-hybridized carbons (Fsp3) is 0.471. The molecule has 1 aliphatic rings. The van der Waals surface area contributed by atoms with Crippen LogP contribution in [0.3, 0.4) is 0 Å². The third-order valence-corrected chi connectivity index (χ3v) is 7.16. The van der Waals surface area contributed by atoms with Gasteiger partial charge in [-0.1, -0.05) is 29.5 Å². The first kappa shape index (κ1) is 20.2. The van der Waals surface area contributed by atoms with Gasteiger partial charge in [0.05, 0.1) is 11.8 Å². The van der Waals surface area contributed by atoms with Crippen LogP contribution in [0.1, 0.15) is 40.7 Å². The lowest BCUT2D eigenvalue weighted by Crippen LogP contribution is -2.37. The van der Waals surface area contributed by atoms with Gasteiger partial charge in [-0.25, -0.2) is 12.7 Å². The maximum atomic E-state index is 12.9. The van der Waals surface area contributed by atoms with E-state index in [0.29, 0.717) is 47.3 Å². The Balaban J connectivity index is 1.53. The van der Waals surface area contributed by atoms with Crippen LogP contribution in [0.25, 0.3) is 4.96 Å². The number of piperidine rings is 1. The molecular formula is C17H18F3N5O2S2. The molecule has 0 amide bonds. The fourth-order valence-electron chi connectivity index (χ4n) is 3.48. The summed E-state index contributed by atoms with van der Waals surface area (Å²) in [6.45, 7) is 0.833. The molecule has 4 rings (SSSR count). The third kappa shape index (κ3) is 4.28. The molecule has 0 N–H and O–H groups in total. The zero-order chi connectivity index (χ0) is 20.8. The number of hydrogen-bond donors (Lipinski definition) is 0. The SMILES string of the molecule is CS(=O)(=O)N1CCC(c2nnc3sc(Cc4cccc(C(F)(F)F)c4)nn23)CC1. The maximum absolute atomic E-state index is 12.9. The summed E-state index contributed by atoms with van der Waals surface area (Å²) in [6.07, 6.45) is -1.68. The predicted octanol–water partition coefficient (Wildman–Crippen LogP) is 2.93. The quantitative estimate of drug-likeness (QED) is 0.617. The first-order valence-corrected chi connectivity index (χ1v) is 11.6. The molecule has 7 nitrogen and oxygen atoms in total. The second kappa shape index (κ2) is 7.33. The van der Waals surface area contributed by atoms with Crippen LogP contribution in [-0.4, -0.2) is 51.9 Å². The second-order valence-corrected chi connectivity index (χ2v) is 10.1. The molecule has 0 atom stereocenters. The molecule has 0 unspecified atom stereocenters. The summed E-state index contributed by atoms with van der Waals surface area (Å²) in [6, 6.07) is 5.20. The average molecular weight is 445 g/mol. The lowest BCUT2D eigenvalue weighted by molar-refractivity contribution is -0.137. The molecule has 1 fully saturated rings. The molecule has 3 aromatic rings. The average Bonchev–Trinajstić information content (AvgIpc) is 3.20. The number of rotatable bonds is 4. The largest absolute Gasteiger partial charge is 0.416 e. The number of sulfonamides is 1. The van der Waals surface area contributed by atoms with Gasteiger partial charge in [-0.2, -0.15) is 22.8 Å². The Morgan fingerprint density at radius 2 is 1.93 bits per heavy atom. The summed E-state index contributed by atoms with van der Waals surface area (Å²) >= 11 is 1.29. The van der Waals surface area contributed by atoms with Crippen molar-refractivity contribution < 1.29 is 21.6 Å². The summed E-state index contributed by atoms with van der Waals surface area (Å²) in [5.74, 6) is 0.700. The van der Waals surface area contributed by atoms with Crippen LogP contribution < -0.4 is 0 Å². The van der Waals surface area contributed by atoms with Gasteiger partial charge in [-0.3, -0.25) is 0 Å². The van der Waals surface area contributed by atoms with Crippen LogP contribution in [-0.2, 0) is 22.6 Å². The van der Waals surface area contributed by atoms with E-state index in [2.05, 4.69) is 15.3 Å². The van der Waals surface area contributed by atoms with Gasteiger partial charge in [0.15, 0.2) is 5.82 Å². The van der Waals surface area contributed by atoms with E-state index in [1.54, 1.807) is 10.6 Å². The lowest BCUT2D eigenvalue weighted by Gasteiger charge is -2.28. The highest BCUT2D eigenvalue weighted by atomic mass is 32.2. The molecule has 156 valence electrons. The van der Waals surface area contributed by atoms with Crippen LogP contribution in [0.4, 0.5) is 13.2 Å². The van der Waals surface area contributed by atoms with Crippen molar-refractivity contribution in [3.8, 4) is 0 Å². The number of halogens is 3. The number of hydrogen-bond acceptors (Lipinski definition) is 6. The van der Waals surface area contributed by atoms with E-state index in [0.717, 1.165) is 12.1 Å². The summed E-state index contributed by atoms with van der Waals surface area (Å²) in [4.78, 5) is 0.576. The Morgan fingerprint density at radius 3 is 2.59 bits per heavy atom. The van der Waals surface area contributed by atoms with Crippen molar-refractivity contribution in [3.05, 3.63) is 46.2 Å². The zero-order valence-electron chi connectivity index (χ0n) is 15.4. The van der Waals surface area contributed by atoms with Gasteiger partial charge in [-0.05, 0) is 24.5 Å². The van der Waals surface area contributed by atoms with Crippen LogP contribution >= 0.6 is 11.3 Å². The molecular weight excluding hydrogens is 427 g/mol. The first-order chi connectivity index (χ1) is 13.6. The number of aromatic nitrogens is 4. The van der Waals surface area contributed by atoms with Crippen LogP contribution in [0.5, 0.6) is 0 Å². The van der Waals surface area contributed by atoms with Crippen LogP contribution in [0, 0.1) is 0 Å². The first-order valence-electron chi connectivity index (χ1n) is 8.93. The van der Waals surface area contributed by atoms with Crippen molar-refractivity contribution in [1.29, 1.82) is 0 Å². The molecule has 0 radical (unpaired) electrons. The molecule has 12 heteroatoms. The van der Waals surface area contributed by atoms with E-state index in [1.165, 1.54) is 28.0 Å². The molecule has 0 bridgehead atoms. The predicted molar refractivity (Wildman–Crippen MR) is 101 cm³/mol. The van der Waals surface area contributed by atoms with E-state index in [9.17, 15) is 21.6 Å². The third-order valence-electron chi connectivity index (χ3n) is 4.95. The molecule has 0 aliphatic carbocycles. The Kier molecular flexibility index (Phi) is 5.11. The Bertz CT molecular complexity index is 1130. The van der Waals surface area contributed by atoms with Crippen molar-refractivity contribution in [2.24, 2.45) is 0 Å². The lowest BCUT2D eigenvalue weighted by atomic mass is 9.97. The van der Waals surface area contributed by atoms with Crippen molar-refractivity contribution in [1.82, 2.24) is 24.1 Å². The van der Waals surface area contributed by atoms with Crippen molar-refractivity contribution in [2.45, 2.75) is 31.4 Å². The highest BCUT2D eigenvalue weighted by Gasteiger charge is 2.31. The molecule has 1 aromatic carbocycles. The molecule has 0 spiro atoms. The van der Waals surface area contributed by atoms with Gasteiger partial charge in [0, 0.05) is 25.4 Å². The smallest absolute Gasteiger partial charge is 0.213 e. The molecule has 1 aliphatic heterocycles. The summed E-state index contributed by atoms with van der Waals surface area (Å²) in [7, 11) is -3.21. The van der Waals surface area contributed by atoms with Crippen molar-refractivity contribution in [2.75, 3.05) is 19.3 Å². The van der Waals surface area contributed by atoms with Gasteiger partial charge in [0.1, 0.15) is 5.01 Å². The number of benzene rings is 1. The number of alkyl halides is 3. The molecule has 1 saturated heterocycles. The van der Waals surface area contributed by atoms with Crippen LogP contribution in [0.15, 0.2) is 24.3 Å². The molecule has 29 heavy (non-hydrogen) atoms.